The van der Waals surface area contributed by atoms with Gasteiger partial charge in [-0.1, -0.05) is 0 Å². The first kappa shape index (κ1) is 13.1. The van der Waals surface area contributed by atoms with E-state index < -0.39 is 5.92 Å². The minimum Gasteiger partial charge on any atom is -0.339 e. The molecule has 1 saturated heterocycles. The summed E-state index contributed by atoms with van der Waals surface area (Å²) in [5, 5.41) is 12.5. The van der Waals surface area contributed by atoms with Crippen LogP contribution in [-0.4, -0.2) is 41.2 Å². The fourth-order valence-corrected chi connectivity index (χ4v) is 3.31. The van der Waals surface area contributed by atoms with Crippen LogP contribution in [0.4, 0.5) is 0 Å². The van der Waals surface area contributed by atoms with Crippen LogP contribution in [0.1, 0.15) is 10.4 Å². The van der Waals surface area contributed by atoms with E-state index in [9.17, 15) is 9.59 Å². The number of carbonyl (C=O) groups is 2. The fraction of sp³-hybridized carbons (Fsp3) is 0.417. The van der Waals surface area contributed by atoms with E-state index in [1.165, 1.54) is 11.3 Å². The molecule has 0 unspecified atom stereocenters. The summed E-state index contributed by atoms with van der Waals surface area (Å²) in [6, 6.07) is 3.49. The number of Topliss-reactive ketones (excluding diaryl/α,β-unsaturated/α-hetero) is 1. The molecule has 1 amide bonds. The summed E-state index contributed by atoms with van der Waals surface area (Å²) in [5.41, 5.74) is 0.450. The minimum absolute atomic E-state index is 0.353. The number of nitrogens with zero attached hydrogens (tertiary/aromatic N) is 2. The van der Waals surface area contributed by atoms with Gasteiger partial charge in [-0.2, -0.15) is 28.4 Å². The Bertz CT molecular complexity index is 473. The summed E-state index contributed by atoms with van der Waals surface area (Å²) in [6.07, 6.45) is 0. The third kappa shape index (κ3) is 2.74. The zero-order valence-corrected chi connectivity index (χ0v) is 11.3. The topological polar surface area (TPSA) is 61.2 Å². The molecule has 0 saturated carbocycles. The van der Waals surface area contributed by atoms with Crippen LogP contribution in [0.2, 0.25) is 0 Å². The molecule has 0 aliphatic carbocycles. The summed E-state index contributed by atoms with van der Waals surface area (Å²) < 4.78 is 0. The Morgan fingerprint density at radius 2 is 2.11 bits per heavy atom. The Kier molecular flexibility index (Phi) is 4.39. The molecule has 0 radical (unpaired) electrons. The average molecular weight is 280 g/mol. The highest BCUT2D eigenvalue weighted by atomic mass is 32.2. The van der Waals surface area contributed by atoms with E-state index in [-0.39, 0.29) is 11.7 Å². The standard InChI is InChI=1S/C12H12N2O2S2/c13-7-10(11(15)9-1-4-18-8-9)12(16)14-2-5-17-6-3-14/h1,4,8,10H,2-3,5-6H2/t10-/m0/s1. The molecule has 0 bridgehead atoms. The first-order valence-electron chi connectivity index (χ1n) is 5.56. The smallest absolute Gasteiger partial charge is 0.248 e. The van der Waals surface area contributed by atoms with Crippen LogP contribution in [0.3, 0.4) is 0 Å². The molecule has 2 rings (SSSR count). The quantitative estimate of drug-likeness (QED) is 0.624. The van der Waals surface area contributed by atoms with Gasteiger partial charge >= 0.3 is 0 Å². The molecule has 6 heteroatoms. The molecule has 1 aliphatic rings. The lowest BCUT2D eigenvalue weighted by Gasteiger charge is -2.27. The number of nitriles is 1. The SMILES string of the molecule is N#C[C@@H](C(=O)c1ccsc1)C(=O)N1CCSCC1. The molecule has 1 aromatic rings. The van der Waals surface area contributed by atoms with E-state index in [0.29, 0.717) is 18.7 Å². The Hall–Kier alpha value is -1.32. The predicted molar refractivity (Wildman–Crippen MR) is 71.7 cm³/mol. The number of amides is 1. The van der Waals surface area contributed by atoms with E-state index in [1.807, 2.05) is 6.07 Å². The summed E-state index contributed by atoms with van der Waals surface area (Å²) in [7, 11) is 0. The number of ketones is 1. The largest absolute Gasteiger partial charge is 0.339 e. The van der Waals surface area contributed by atoms with Gasteiger partial charge in [0, 0.05) is 35.5 Å². The van der Waals surface area contributed by atoms with Crippen molar-refractivity contribution in [3.63, 3.8) is 0 Å². The van der Waals surface area contributed by atoms with Crippen LogP contribution < -0.4 is 0 Å². The predicted octanol–water partition coefficient (Wildman–Crippen LogP) is 1.65. The molecule has 1 aromatic heterocycles. The summed E-state index contributed by atoms with van der Waals surface area (Å²) >= 11 is 3.17. The number of carbonyl (C=O) groups excluding carboxylic acids is 2. The van der Waals surface area contributed by atoms with Crippen molar-refractivity contribution in [3.05, 3.63) is 22.4 Å². The van der Waals surface area contributed by atoms with E-state index >= 15 is 0 Å². The van der Waals surface area contributed by atoms with Crippen molar-refractivity contribution in [1.29, 1.82) is 5.26 Å². The Morgan fingerprint density at radius 1 is 1.39 bits per heavy atom. The number of hydrogen-bond acceptors (Lipinski definition) is 5. The highest BCUT2D eigenvalue weighted by Gasteiger charge is 2.32. The van der Waals surface area contributed by atoms with Gasteiger partial charge in [0.1, 0.15) is 0 Å². The maximum atomic E-state index is 12.1. The maximum absolute atomic E-state index is 12.1. The van der Waals surface area contributed by atoms with Crippen LogP contribution in [0.15, 0.2) is 16.8 Å². The average Bonchev–Trinajstić information content (AvgIpc) is 2.94. The van der Waals surface area contributed by atoms with Gasteiger partial charge in [-0.15, -0.1) is 0 Å². The number of thioether (sulfide) groups is 1. The van der Waals surface area contributed by atoms with Crippen molar-refractivity contribution in [2.75, 3.05) is 24.6 Å². The van der Waals surface area contributed by atoms with Gasteiger partial charge in [0.2, 0.25) is 5.91 Å². The number of thiophene rings is 1. The molecule has 1 aliphatic heterocycles. The molecule has 18 heavy (non-hydrogen) atoms. The fourth-order valence-electron chi connectivity index (χ4n) is 1.76. The van der Waals surface area contributed by atoms with E-state index in [4.69, 9.17) is 5.26 Å². The lowest BCUT2D eigenvalue weighted by Crippen LogP contribution is -2.43. The van der Waals surface area contributed by atoms with Gasteiger partial charge in [-0.3, -0.25) is 9.59 Å². The van der Waals surface area contributed by atoms with E-state index in [0.717, 1.165) is 11.5 Å². The lowest BCUT2D eigenvalue weighted by molar-refractivity contribution is -0.132. The summed E-state index contributed by atoms with van der Waals surface area (Å²) in [6.45, 7) is 1.25. The minimum atomic E-state index is -1.19. The Balaban J connectivity index is 2.11. The van der Waals surface area contributed by atoms with Crippen molar-refractivity contribution < 1.29 is 9.59 Å². The van der Waals surface area contributed by atoms with Gasteiger partial charge in [-0.05, 0) is 11.4 Å². The second kappa shape index (κ2) is 6.03. The highest BCUT2D eigenvalue weighted by Crippen LogP contribution is 2.17. The zero-order chi connectivity index (χ0) is 13.0. The maximum Gasteiger partial charge on any atom is 0.248 e. The summed E-state index contributed by atoms with van der Waals surface area (Å²) in [4.78, 5) is 25.8. The van der Waals surface area contributed by atoms with Crippen LogP contribution >= 0.6 is 23.1 Å². The molecular formula is C12H12N2O2S2. The molecule has 0 N–H and O–H groups in total. The Morgan fingerprint density at radius 3 is 2.67 bits per heavy atom. The molecular weight excluding hydrogens is 268 g/mol. The number of hydrogen-bond donors (Lipinski definition) is 0. The van der Waals surface area contributed by atoms with Crippen molar-refractivity contribution >= 4 is 34.8 Å². The number of rotatable bonds is 3. The first-order chi connectivity index (χ1) is 8.74. The third-order valence-corrected chi connectivity index (χ3v) is 4.39. The first-order valence-corrected chi connectivity index (χ1v) is 7.66. The molecule has 94 valence electrons. The van der Waals surface area contributed by atoms with Crippen molar-refractivity contribution in [1.82, 2.24) is 4.90 Å². The summed E-state index contributed by atoms with van der Waals surface area (Å²) in [5.74, 6) is -0.189. The molecule has 2 heterocycles. The van der Waals surface area contributed by atoms with Crippen molar-refractivity contribution in [3.8, 4) is 6.07 Å². The monoisotopic (exact) mass is 280 g/mol. The van der Waals surface area contributed by atoms with Gasteiger partial charge < -0.3 is 4.90 Å². The third-order valence-electron chi connectivity index (χ3n) is 2.77. The molecule has 0 aromatic carbocycles. The Labute approximate surface area is 114 Å². The molecule has 1 atom stereocenters. The van der Waals surface area contributed by atoms with Gasteiger partial charge in [0.15, 0.2) is 11.7 Å². The zero-order valence-electron chi connectivity index (χ0n) is 9.67. The highest BCUT2D eigenvalue weighted by molar-refractivity contribution is 7.99. The van der Waals surface area contributed by atoms with Gasteiger partial charge in [0.25, 0.3) is 0 Å². The van der Waals surface area contributed by atoms with E-state index in [1.54, 1.807) is 33.5 Å². The van der Waals surface area contributed by atoms with Gasteiger partial charge in [-0.25, -0.2) is 0 Å². The van der Waals surface area contributed by atoms with Crippen LogP contribution in [0.25, 0.3) is 0 Å². The van der Waals surface area contributed by atoms with E-state index in [2.05, 4.69) is 0 Å². The van der Waals surface area contributed by atoms with Crippen molar-refractivity contribution in [2.45, 2.75) is 0 Å². The van der Waals surface area contributed by atoms with Crippen LogP contribution in [0.5, 0.6) is 0 Å². The second-order valence-corrected chi connectivity index (χ2v) is 5.88. The molecule has 1 fully saturated rings. The lowest BCUT2D eigenvalue weighted by atomic mass is 9.99. The molecule has 0 spiro atoms. The normalized spacial score (nSPS) is 16.9. The van der Waals surface area contributed by atoms with Crippen LogP contribution in [0, 0.1) is 17.2 Å². The second-order valence-electron chi connectivity index (χ2n) is 3.88. The van der Waals surface area contributed by atoms with Crippen molar-refractivity contribution in [2.24, 2.45) is 5.92 Å². The molecule has 4 nitrogen and oxygen atoms in total. The van der Waals surface area contributed by atoms with Gasteiger partial charge in [0.05, 0.1) is 6.07 Å². The van der Waals surface area contributed by atoms with Crippen LogP contribution in [-0.2, 0) is 4.79 Å².